The van der Waals surface area contributed by atoms with E-state index < -0.39 is 0 Å². The SMILES string of the molecule is Cc1cccc(C(Br)c2ccc3c(c2)C(=O)NCCO3)c1. The monoisotopic (exact) mass is 345 g/mol. The molecule has 0 aliphatic carbocycles. The van der Waals surface area contributed by atoms with Crippen LogP contribution in [0.5, 0.6) is 5.75 Å². The number of benzene rings is 2. The highest BCUT2D eigenvalue weighted by atomic mass is 79.9. The topological polar surface area (TPSA) is 38.3 Å². The van der Waals surface area contributed by atoms with E-state index in [2.05, 4.69) is 46.4 Å². The molecule has 1 N–H and O–H groups in total. The van der Waals surface area contributed by atoms with Crippen LogP contribution in [-0.2, 0) is 0 Å². The molecule has 108 valence electrons. The largest absolute Gasteiger partial charge is 0.491 e. The second kappa shape index (κ2) is 5.90. The maximum atomic E-state index is 12.1. The molecular formula is C17H16BrNO2. The number of hydrogen-bond acceptors (Lipinski definition) is 2. The number of nitrogens with one attached hydrogen (secondary N) is 1. The third kappa shape index (κ3) is 2.95. The molecule has 1 aliphatic heterocycles. The van der Waals surface area contributed by atoms with E-state index in [1.165, 1.54) is 11.1 Å². The highest BCUT2D eigenvalue weighted by Gasteiger charge is 2.19. The van der Waals surface area contributed by atoms with E-state index in [0.717, 1.165) is 5.56 Å². The fraction of sp³-hybridized carbons (Fsp3) is 0.235. The summed E-state index contributed by atoms with van der Waals surface area (Å²) in [6.45, 7) is 3.12. The Morgan fingerprint density at radius 2 is 2.00 bits per heavy atom. The van der Waals surface area contributed by atoms with Crippen molar-refractivity contribution < 1.29 is 9.53 Å². The van der Waals surface area contributed by atoms with Gasteiger partial charge in [-0.3, -0.25) is 4.79 Å². The number of alkyl halides is 1. The standard InChI is InChI=1S/C17H16BrNO2/c1-11-3-2-4-12(9-11)16(18)13-5-6-15-14(10-13)17(20)19-7-8-21-15/h2-6,9-10,16H,7-8H2,1H3,(H,19,20). The number of aryl methyl sites for hydroxylation is 1. The predicted octanol–water partition coefficient (Wildman–Crippen LogP) is 3.60. The molecule has 2 aromatic rings. The van der Waals surface area contributed by atoms with Gasteiger partial charge in [-0.15, -0.1) is 0 Å². The average Bonchev–Trinajstić information content (AvgIpc) is 2.68. The van der Waals surface area contributed by atoms with Crippen molar-refractivity contribution in [3.05, 3.63) is 64.7 Å². The van der Waals surface area contributed by atoms with Gasteiger partial charge in [0.2, 0.25) is 0 Å². The molecule has 0 aromatic heterocycles. The van der Waals surface area contributed by atoms with Gasteiger partial charge in [-0.25, -0.2) is 0 Å². The minimum atomic E-state index is -0.0757. The molecule has 1 amide bonds. The fourth-order valence-corrected chi connectivity index (χ4v) is 3.02. The molecule has 0 spiro atoms. The molecule has 1 aliphatic rings. The first-order valence-electron chi connectivity index (χ1n) is 6.91. The molecule has 0 fully saturated rings. The molecule has 3 rings (SSSR count). The first-order valence-corrected chi connectivity index (χ1v) is 7.82. The number of halogens is 1. The minimum Gasteiger partial charge on any atom is -0.491 e. The molecule has 0 radical (unpaired) electrons. The highest BCUT2D eigenvalue weighted by molar-refractivity contribution is 9.09. The Kier molecular flexibility index (Phi) is 3.97. The van der Waals surface area contributed by atoms with Crippen LogP contribution in [0.3, 0.4) is 0 Å². The second-order valence-corrected chi connectivity index (χ2v) is 6.05. The maximum absolute atomic E-state index is 12.1. The summed E-state index contributed by atoms with van der Waals surface area (Å²) in [7, 11) is 0. The summed E-state index contributed by atoms with van der Waals surface area (Å²) >= 11 is 3.72. The summed E-state index contributed by atoms with van der Waals surface area (Å²) in [5.41, 5.74) is 4.03. The molecule has 1 heterocycles. The summed E-state index contributed by atoms with van der Waals surface area (Å²) in [4.78, 5) is 12.1. The average molecular weight is 346 g/mol. The molecule has 0 bridgehead atoms. The fourth-order valence-electron chi connectivity index (χ4n) is 2.45. The lowest BCUT2D eigenvalue weighted by Crippen LogP contribution is -2.24. The third-order valence-electron chi connectivity index (χ3n) is 3.52. The van der Waals surface area contributed by atoms with E-state index in [9.17, 15) is 4.79 Å². The zero-order valence-corrected chi connectivity index (χ0v) is 13.3. The first-order chi connectivity index (χ1) is 10.1. The van der Waals surface area contributed by atoms with Crippen molar-refractivity contribution in [1.29, 1.82) is 0 Å². The summed E-state index contributed by atoms with van der Waals surface area (Å²) < 4.78 is 5.58. The number of carbonyl (C=O) groups excluding carboxylic acids is 1. The Balaban J connectivity index is 1.98. The van der Waals surface area contributed by atoms with Gasteiger partial charge in [0.1, 0.15) is 12.4 Å². The van der Waals surface area contributed by atoms with Gasteiger partial charge >= 0.3 is 0 Å². The predicted molar refractivity (Wildman–Crippen MR) is 86.2 cm³/mol. The van der Waals surface area contributed by atoms with E-state index in [1.807, 2.05) is 24.3 Å². The normalized spacial score (nSPS) is 15.4. The summed E-state index contributed by atoms with van der Waals surface area (Å²) in [5.74, 6) is 0.575. The third-order valence-corrected chi connectivity index (χ3v) is 4.58. The second-order valence-electron chi connectivity index (χ2n) is 5.14. The van der Waals surface area contributed by atoms with Gasteiger partial charge in [-0.05, 0) is 30.2 Å². The van der Waals surface area contributed by atoms with Crippen LogP contribution in [0.25, 0.3) is 0 Å². The number of amides is 1. The Bertz CT molecular complexity index is 684. The quantitative estimate of drug-likeness (QED) is 0.844. The number of rotatable bonds is 2. The molecule has 4 heteroatoms. The van der Waals surface area contributed by atoms with Crippen LogP contribution in [-0.4, -0.2) is 19.1 Å². The van der Waals surface area contributed by atoms with E-state index >= 15 is 0 Å². The van der Waals surface area contributed by atoms with Gasteiger partial charge in [0.15, 0.2) is 0 Å². The Labute approximate surface area is 132 Å². The Hall–Kier alpha value is -1.81. The lowest BCUT2D eigenvalue weighted by Gasteiger charge is -2.14. The van der Waals surface area contributed by atoms with Crippen molar-refractivity contribution in [2.45, 2.75) is 11.8 Å². The minimum absolute atomic E-state index is 0.0544. The van der Waals surface area contributed by atoms with E-state index in [1.54, 1.807) is 0 Å². The van der Waals surface area contributed by atoms with Crippen LogP contribution >= 0.6 is 15.9 Å². The number of fused-ring (bicyclic) bond motifs is 1. The van der Waals surface area contributed by atoms with Crippen molar-refractivity contribution >= 4 is 21.8 Å². The van der Waals surface area contributed by atoms with Crippen LogP contribution < -0.4 is 10.1 Å². The van der Waals surface area contributed by atoms with E-state index in [4.69, 9.17) is 4.74 Å². The van der Waals surface area contributed by atoms with Crippen molar-refractivity contribution in [2.24, 2.45) is 0 Å². The smallest absolute Gasteiger partial charge is 0.255 e. The van der Waals surface area contributed by atoms with Crippen molar-refractivity contribution in [3.8, 4) is 5.75 Å². The van der Waals surface area contributed by atoms with E-state index in [-0.39, 0.29) is 10.7 Å². The summed E-state index contributed by atoms with van der Waals surface area (Å²) in [6.07, 6.45) is 0. The van der Waals surface area contributed by atoms with Crippen LogP contribution in [0.1, 0.15) is 31.9 Å². The molecular weight excluding hydrogens is 330 g/mol. The van der Waals surface area contributed by atoms with Crippen molar-refractivity contribution in [3.63, 3.8) is 0 Å². The molecule has 0 saturated heterocycles. The molecule has 1 atom stereocenters. The zero-order chi connectivity index (χ0) is 14.8. The molecule has 0 saturated carbocycles. The van der Waals surface area contributed by atoms with Crippen LogP contribution in [0.15, 0.2) is 42.5 Å². The first kappa shape index (κ1) is 14.1. The molecule has 2 aromatic carbocycles. The zero-order valence-electron chi connectivity index (χ0n) is 11.7. The van der Waals surface area contributed by atoms with Gasteiger partial charge in [0.05, 0.1) is 16.9 Å². The summed E-state index contributed by atoms with van der Waals surface area (Å²) in [5, 5.41) is 2.84. The molecule has 21 heavy (non-hydrogen) atoms. The molecule has 3 nitrogen and oxygen atoms in total. The van der Waals surface area contributed by atoms with Gasteiger partial charge in [0.25, 0.3) is 5.91 Å². The highest BCUT2D eigenvalue weighted by Crippen LogP contribution is 2.34. The van der Waals surface area contributed by atoms with Gasteiger partial charge in [-0.1, -0.05) is 51.8 Å². The van der Waals surface area contributed by atoms with Gasteiger partial charge in [-0.2, -0.15) is 0 Å². The van der Waals surface area contributed by atoms with E-state index in [0.29, 0.717) is 24.5 Å². The van der Waals surface area contributed by atoms with Crippen molar-refractivity contribution in [1.82, 2.24) is 5.32 Å². The number of carbonyl (C=O) groups is 1. The number of ether oxygens (including phenoxy) is 1. The van der Waals surface area contributed by atoms with Crippen LogP contribution in [0.4, 0.5) is 0 Å². The van der Waals surface area contributed by atoms with Crippen LogP contribution in [0, 0.1) is 6.92 Å². The maximum Gasteiger partial charge on any atom is 0.255 e. The Morgan fingerprint density at radius 1 is 1.19 bits per heavy atom. The molecule has 1 unspecified atom stereocenters. The van der Waals surface area contributed by atoms with Gasteiger partial charge in [0, 0.05) is 0 Å². The Morgan fingerprint density at radius 3 is 2.81 bits per heavy atom. The van der Waals surface area contributed by atoms with Crippen molar-refractivity contribution in [2.75, 3.05) is 13.2 Å². The van der Waals surface area contributed by atoms with Crippen LogP contribution in [0.2, 0.25) is 0 Å². The van der Waals surface area contributed by atoms with Gasteiger partial charge < -0.3 is 10.1 Å². The lowest BCUT2D eigenvalue weighted by molar-refractivity contribution is 0.0957. The lowest BCUT2D eigenvalue weighted by atomic mass is 10.0. The number of hydrogen-bond donors (Lipinski definition) is 1. The summed E-state index contributed by atoms with van der Waals surface area (Å²) in [6, 6.07) is 14.1.